The van der Waals surface area contributed by atoms with Crippen molar-refractivity contribution in [1.82, 2.24) is 14.2 Å². The molecule has 0 saturated carbocycles. The number of rotatable bonds is 6. The van der Waals surface area contributed by atoms with E-state index < -0.39 is 15.9 Å². The zero-order valence-corrected chi connectivity index (χ0v) is 20.4. The van der Waals surface area contributed by atoms with Gasteiger partial charge in [-0.1, -0.05) is 23.7 Å². The van der Waals surface area contributed by atoms with Crippen molar-refractivity contribution in [3.8, 4) is 23.7 Å². The summed E-state index contributed by atoms with van der Waals surface area (Å²) in [5.74, 6) is -0.406. The van der Waals surface area contributed by atoms with Crippen LogP contribution >= 0.6 is 11.3 Å². The van der Waals surface area contributed by atoms with E-state index in [-0.39, 0.29) is 4.90 Å². The number of azide groups is 1. The summed E-state index contributed by atoms with van der Waals surface area (Å²) in [4.78, 5) is 21.8. The van der Waals surface area contributed by atoms with Gasteiger partial charge in [0.15, 0.2) is 5.13 Å². The Balaban J connectivity index is 1.45. The molecule has 0 spiro atoms. The molecule has 10 nitrogen and oxygen atoms in total. The van der Waals surface area contributed by atoms with E-state index in [1.165, 1.54) is 39.9 Å². The van der Waals surface area contributed by atoms with Crippen molar-refractivity contribution >= 4 is 38.1 Å². The fourth-order valence-electron chi connectivity index (χ4n) is 3.61. The van der Waals surface area contributed by atoms with Crippen molar-refractivity contribution in [2.24, 2.45) is 5.11 Å². The Hall–Kier alpha value is -3.88. The maximum atomic E-state index is 12.9. The van der Waals surface area contributed by atoms with Crippen molar-refractivity contribution in [2.75, 3.05) is 31.5 Å². The Morgan fingerprint density at radius 1 is 1.20 bits per heavy atom. The number of anilines is 1. The highest BCUT2D eigenvalue weighted by atomic mass is 32.2. The van der Waals surface area contributed by atoms with Gasteiger partial charge in [-0.15, -0.1) is 11.3 Å². The van der Waals surface area contributed by atoms with Crippen LogP contribution in [-0.2, 0) is 10.0 Å². The first kappa shape index (κ1) is 24.3. The lowest BCUT2D eigenvalue weighted by Gasteiger charge is -2.31. The topological polar surface area (TPSA) is 131 Å². The van der Waals surface area contributed by atoms with Crippen LogP contribution in [0.3, 0.4) is 0 Å². The second-order valence-electron chi connectivity index (χ2n) is 7.73. The molecule has 1 saturated heterocycles. The van der Waals surface area contributed by atoms with Crippen LogP contribution in [0.5, 0.6) is 0 Å². The molecule has 0 unspecified atom stereocenters. The predicted octanol–water partition coefficient (Wildman–Crippen LogP) is 4.21. The van der Waals surface area contributed by atoms with Gasteiger partial charge in [-0.2, -0.15) is 4.31 Å². The van der Waals surface area contributed by atoms with E-state index in [9.17, 15) is 13.2 Å². The van der Waals surface area contributed by atoms with Crippen molar-refractivity contribution in [3.05, 3.63) is 69.4 Å². The van der Waals surface area contributed by atoms with Crippen LogP contribution in [0.25, 0.3) is 21.7 Å². The molecule has 2 aromatic carbocycles. The van der Waals surface area contributed by atoms with E-state index in [1.54, 1.807) is 22.4 Å². The van der Waals surface area contributed by atoms with Crippen LogP contribution in [-0.4, -0.2) is 54.7 Å². The quantitative estimate of drug-likeness (QED) is 0.231. The average Bonchev–Trinajstić information content (AvgIpc) is 3.33. The summed E-state index contributed by atoms with van der Waals surface area (Å²) in [6.45, 7) is 3.49. The first-order valence-corrected chi connectivity index (χ1v) is 12.9. The zero-order valence-electron chi connectivity index (χ0n) is 18.7. The molecule has 12 heteroatoms. The molecule has 1 aliphatic heterocycles. The third-order valence-corrected chi connectivity index (χ3v) is 8.23. The van der Waals surface area contributed by atoms with Gasteiger partial charge in [0.2, 0.25) is 10.0 Å². The maximum Gasteiger partial charge on any atom is 0.257 e. The van der Waals surface area contributed by atoms with Gasteiger partial charge in [-0.3, -0.25) is 10.1 Å². The van der Waals surface area contributed by atoms with Gasteiger partial charge >= 0.3 is 0 Å². The normalized spacial score (nSPS) is 14.1. The summed E-state index contributed by atoms with van der Waals surface area (Å²) >= 11 is 1.26. The monoisotopic (exact) mass is 507 g/mol. The van der Waals surface area contributed by atoms with Crippen LogP contribution in [0.15, 0.2) is 57.9 Å². The molecule has 1 fully saturated rings. The second kappa shape index (κ2) is 10.2. The first-order valence-electron chi connectivity index (χ1n) is 10.6. The number of carbonyl (C=O) groups excluding carboxylic acids is 1. The number of amides is 1. The van der Waals surface area contributed by atoms with Gasteiger partial charge in [0.25, 0.3) is 5.91 Å². The zero-order chi connectivity index (χ0) is 25.0. The number of hydrogen-bond donors (Lipinski definition) is 1. The van der Waals surface area contributed by atoms with E-state index in [0.29, 0.717) is 48.3 Å². The standard InChI is InChI=1S/C23H21N7O3S2/c1-3-29-10-12-30(13-11-29)35(32,33)19-8-5-17(6-9-19)22(31)26-23-25-21(15-34-23)20-14-18(27-28-24)7-4-16(20)2/h1,4-9,14-15H,10-13H2,2H3,(H,25,26,31). The molecule has 35 heavy (non-hydrogen) atoms. The van der Waals surface area contributed by atoms with Gasteiger partial charge in [0.1, 0.15) is 0 Å². The van der Waals surface area contributed by atoms with Crippen molar-refractivity contribution in [2.45, 2.75) is 11.8 Å². The minimum atomic E-state index is -3.67. The van der Waals surface area contributed by atoms with Crippen molar-refractivity contribution in [1.29, 1.82) is 0 Å². The molecular weight excluding hydrogens is 486 g/mol. The number of carbonyl (C=O) groups is 1. The average molecular weight is 508 g/mol. The summed E-state index contributed by atoms with van der Waals surface area (Å²) in [6, 6.07) is 13.6. The summed E-state index contributed by atoms with van der Waals surface area (Å²) < 4.78 is 27.2. The van der Waals surface area contributed by atoms with Crippen LogP contribution in [0, 0.1) is 19.4 Å². The number of thiazole rings is 1. The molecule has 1 amide bonds. The number of aryl methyl sites for hydroxylation is 1. The fourth-order valence-corrected chi connectivity index (χ4v) is 5.74. The number of piperazine rings is 1. The first-order chi connectivity index (χ1) is 16.8. The molecule has 3 aromatic rings. The maximum absolute atomic E-state index is 12.9. The Kier molecular flexibility index (Phi) is 7.04. The molecule has 2 heterocycles. The third kappa shape index (κ3) is 5.29. The highest BCUT2D eigenvalue weighted by molar-refractivity contribution is 7.89. The van der Waals surface area contributed by atoms with E-state index in [4.69, 9.17) is 12.0 Å². The molecular formula is C23H21N7O3S2. The smallest absolute Gasteiger partial charge is 0.257 e. The Morgan fingerprint density at radius 2 is 1.91 bits per heavy atom. The number of benzene rings is 2. The molecule has 0 bridgehead atoms. The minimum Gasteiger partial charge on any atom is -0.330 e. The highest BCUT2D eigenvalue weighted by Crippen LogP contribution is 2.31. The Morgan fingerprint density at radius 3 is 2.57 bits per heavy atom. The second-order valence-corrected chi connectivity index (χ2v) is 10.5. The van der Waals surface area contributed by atoms with E-state index >= 15 is 0 Å². The van der Waals surface area contributed by atoms with E-state index in [0.717, 1.165) is 11.1 Å². The molecule has 0 atom stereocenters. The largest absolute Gasteiger partial charge is 0.330 e. The lowest BCUT2D eigenvalue weighted by atomic mass is 10.1. The van der Waals surface area contributed by atoms with Crippen molar-refractivity contribution in [3.63, 3.8) is 0 Å². The molecule has 1 aromatic heterocycles. The molecule has 178 valence electrons. The number of sulfonamides is 1. The molecule has 4 rings (SSSR count). The van der Waals surface area contributed by atoms with Gasteiger partial charge in [0.05, 0.1) is 10.6 Å². The summed E-state index contributed by atoms with van der Waals surface area (Å²) in [6.07, 6.45) is 5.37. The summed E-state index contributed by atoms with van der Waals surface area (Å²) in [7, 11) is -3.67. The van der Waals surface area contributed by atoms with E-state index in [2.05, 4.69) is 26.4 Å². The number of aromatic nitrogens is 1. The van der Waals surface area contributed by atoms with E-state index in [1.807, 2.05) is 13.0 Å². The number of hydrogen-bond acceptors (Lipinski definition) is 7. The van der Waals surface area contributed by atoms with Crippen LogP contribution in [0.4, 0.5) is 10.8 Å². The van der Waals surface area contributed by atoms with Gasteiger partial charge < -0.3 is 4.90 Å². The summed E-state index contributed by atoms with van der Waals surface area (Å²) in [5.41, 5.74) is 11.8. The Labute approximate surface area is 206 Å². The molecule has 1 N–H and O–H groups in total. The number of terminal acetylenes is 1. The lowest BCUT2D eigenvalue weighted by molar-refractivity contribution is 0.102. The fraction of sp³-hybridized carbons (Fsp3) is 0.217. The van der Waals surface area contributed by atoms with Crippen LogP contribution < -0.4 is 5.32 Å². The lowest BCUT2D eigenvalue weighted by Crippen LogP contribution is -2.46. The Bertz CT molecular complexity index is 1440. The van der Waals surface area contributed by atoms with Gasteiger partial charge in [-0.25, -0.2) is 13.4 Å². The third-order valence-electron chi connectivity index (χ3n) is 5.56. The molecule has 0 radical (unpaired) electrons. The molecule has 0 aliphatic carbocycles. The number of nitrogens with one attached hydrogen (secondary N) is 1. The summed E-state index contributed by atoms with van der Waals surface area (Å²) in [5, 5.41) is 8.55. The van der Waals surface area contributed by atoms with Gasteiger partial charge in [-0.05, 0) is 48.4 Å². The minimum absolute atomic E-state index is 0.120. The highest BCUT2D eigenvalue weighted by Gasteiger charge is 2.28. The van der Waals surface area contributed by atoms with Crippen molar-refractivity contribution < 1.29 is 13.2 Å². The predicted molar refractivity (Wildman–Crippen MR) is 135 cm³/mol. The SMILES string of the molecule is C#CN1CCN(S(=O)(=O)c2ccc(C(=O)Nc3nc(-c4cc(N=[N+]=[N-])ccc4C)cs3)cc2)CC1. The number of nitrogens with zero attached hydrogens (tertiary/aromatic N) is 6. The molecule has 1 aliphatic rings. The van der Waals surface area contributed by atoms with Crippen LogP contribution in [0.2, 0.25) is 0 Å². The van der Waals surface area contributed by atoms with Crippen LogP contribution in [0.1, 0.15) is 15.9 Å². The van der Waals surface area contributed by atoms with Gasteiger partial charge in [0, 0.05) is 59.3 Å².